The van der Waals surface area contributed by atoms with Crippen molar-refractivity contribution in [2.45, 2.75) is 97.6 Å². The first kappa shape index (κ1) is 30.9. The Hall–Kier alpha value is -2.37. The van der Waals surface area contributed by atoms with Crippen molar-refractivity contribution >= 4 is 23.7 Å². The van der Waals surface area contributed by atoms with E-state index in [0.29, 0.717) is 12.8 Å². The highest BCUT2D eigenvalue weighted by Crippen LogP contribution is 2.36. The lowest BCUT2D eigenvalue weighted by atomic mass is 9.84. The number of hydrogen-bond acceptors (Lipinski definition) is 6. The number of esters is 1. The smallest absolute Gasteiger partial charge is 0.464 e. The lowest BCUT2D eigenvalue weighted by Gasteiger charge is -2.37. The number of nitrogens with zero attached hydrogens (tertiary/aromatic N) is 1. The predicted molar refractivity (Wildman–Crippen MR) is 128 cm³/mol. The molecule has 2 rings (SSSR count). The van der Waals surface area contributed by atoms with E-state index in [0.717, 1.165) is 12.8 Å². The molecule has 0 radical (unpaired) electrons. The van der Waals surface area contributed by atoms with Crippen molar-refractivity contribution in [3.8, 4) is 0 Å². The van der Waals surface area contributed by atoms with Crippen LogP contribution in [-0.4, -0.2) is 77.3 Å². The molecule has 0 aromatic heterocycles. The Balaban J connectivity index is 2.33. The summed E-state index contributed by atoms with van der Waals surface area (Å²) >= 11 is 0. The standard InChI is InChI=1S/C25H40F3N3O6/c1-7-37-22(35)18(32)16(12-14-8-9-14)29-20(33)17-15(13(2)3)10-11-31(17)21(34)19(24(4,5)6)30-23(36)25(26,27)28/h13-19,32H,7-12H2,1-6H3,(H,29,33)(H,30,36)/t15-,16?,17+,18?,19-/m1/s1. The number of ether oxygens (including phenoxy) is 1. The number of nitrogens with one attached hydrogen (secondary N) is 2. The van der Waals surface area contributed by atoms with Crippen LogP contribution >= 0.6 is 0 Å². The Morgan fingerprint density at radius 3 is 2.11 bits per heavy atom. The molecule has 0 bridgehead atoms. The first-order chi connectivity index (χ1) is 17.0. The number of carbonyl (C=O) groups excluding carboxylic acids is 4. The maximum absolute atomic E-state index is 13.6. The molecule has 1 aliphatic heterocycles. The van der Waals surface area contributed by atoms with Gasteiger partial charge in [-0.15, -0.1) is 0 Å². The van der Waals surface area contributed by atoms with Gasteiger partial charge in [0.1, 0.15) is 12.1 Å². The molecule has 2 fully saturated rings. The Morgan fingerprint density at radius 2 is 1.65 bits per heavy atom. The van der Waals surface area contributed by atoms with Crippen LogP contribution in [0.3, 0.4) is 0 Å². The van der Waals surface area contributed by atoms with Crippen molar-refractivity contribution in [2.24, 2.45) is 23.2 Å². The highest BCUT2D eigenvalue weighted by Gasteiger charge is 2.50. The van der Waals surface area contributed by atoms with Crippen molar-refractivity contribution in [3.05, 3.63) is 0 Å². The first-order valence-corrected chi connectivity index (χ1v) is 12.8. The van der Waals surface area contributed by atoms with Gasteiger partial charge in [-0.3, -0.25) is 14.4 Å². The minimum Gasteiger partial charge on any atom is -0.464 e. The normalized spacial score (nSPS) is 22.8. The van der Waals surface area contributed by atoms with Gasteiger partial charge >= 0.3 is 18.1 Å². The van der Waals surface area contributed by atoms with Crippen LogP contribution in [0, 0.1) is 23.2 Å². The molecule has 1 aliphatic carbocycles. The van der Waals surface area contributed by atoms with Crippen LogP contribution in [-0.2, 0) is 23.9 Å². The fourth-order valence-electron chi connectivity index (χ4n) is 4.76. The fourth-order valence-corrected chi connectivity index (χ4v) is 4.76. The second kappa shape index (κ2) is 12.0. The molecule has 0 aromatic rings. The second-order valence-electron chi connectivity index (χ2n) is 11.4. The molecule has 3 N–H and O–H groups in total. The number of amides is 3. The number of aliphatic hydroxyl groups excluding tert-OH is 1. The first-order valence-electron chi connectivity index (χ1n) is 12.8. The number of alkyl halides is 3. The number of halogens is 3. The van der Waals surface area contributed by atoms with Crippen LogP contribution in [0.5, 0.6) is 0 Å². The summed E-state index contributed by atoms with van der Waals surface area (Å²) in [4.78, 5) is 52.3. The Morgan fingerprint density at radius 1 is 1.05 bits per heavy atom. The van der Waals surface area contributed by atoms with E-state index in [1.54, 1.807) is 6.92 Å². The monoisotopic (exact) mass is 535 g/mol. The lowest BCUT2D eigenvalue weighted by molar-refractivity contribution is -0.176. The molecule has 0 aromatic carbocycles. The quantitative estimate of drug-likeness (QED) is 0.368. The third kappa shape index (κ3) is 8.05. The second-order valence-corrected chi connectivity index (χ2v) is 11.4. The SMILES string of the molecule is CCOC(=O)C(O)C(CC1CC1)NC(=O)[C@@H]1[C@@H](C(C)C)CCN1C(=O)[C@@H](NC(=O)C(F)(F)F)C(C)(C)C. The molecule has 9 nitrogen and oxygen atoms in total. The zero-order chi connectivity index (χ0) is 28.3. The van der Waals surface area contributed by atoms with E-state index in [4.69, 9.17) is 4.74 Å². The van der Waals surface area contributed by atoms with E-state index >= 15 is 0 Å². The molecular weight excluding hydrogens is 495 g/mol. The number of carbonyl (C=O) groups is 4. The van der Waals surface area contributed by atoms with Gasteiger partial charge in [-0.05, 0) is 42.9 Å². The summed E-state index contributed by atoms with van der Waals surface area (Å²) in [5.41, 5.74) is -1.08. The minimum absolute atomic E-state index is 0.0525. The highest BCUT2D eigenvalue weighted by molar-refractivity contribution is 5.94. The molecule has 1 heterocycles. The maximum atomic E-state index is 13.6. The minimum atomic E-state index is -5.18. The van der Waals surface area contributed by atoms with E-state index < -0.39 is 59.5 Å². The van der Waals surface area contributed by atoms with Gasteiger partial charge in [0.15, 0.2) is 6.10 Å². The van der Waals surface area contributed by atoms with Crippen LogP contribution in [0.15, 0.2) is 0 Å². The van der Waals surface area contributed by atoms with Gasteiger partial charge in [0, 0.05) is 6.54 Å². The third-order valence-corrected chi connectivity index (χ3v) is 7.02. The molecule has 2 aliphatic rings. The Kier molecular flexibility index (Phi) is 10.0. The van der Waals surface area contributed by atoms with Crippen molar-refractivity contribution in [1.82, 2.24) is 15.5 Å². The zero-order valence-corrected chi connectivity index (χ0v) is 22.4. The van der Waals surface area contributed by atoms with Crippen molar-refractivity contribution < 1.29 is 42.2 Å². The molecule has 37 heavy (non-hydrogen) atoms. The Bertz CT molecular complexity index is 854. The van der Waals surface area contributed by atoms with Gasteiger partial charge < -0.3 is 25.4 Å². The summed E-state index contributed by atoms with van der Waals surface area (Å²) in [7, 11) is 0. The molecule has 2 unspecified atom stereocenters. The summed E-state index contributed by atoms with van der Waals surface area (Å²) in [6.45, 7) is 10.1. The zero-order valence-electron chi connectivity index (χ0n) is 22.4. The van der Waals surface area contributed by atoms with Crippen LogP contribution in [0.25, 0.3) is 0 Å². The van der Waals surface area contributed by atoms with E-state index in [9.17, 15) is 37.5 Å². The van der Waals surface area contributed by atoms with Crippen LogP contribution < -0.4 is 10.6 Å². The van der Waals surface area contributed by atoms with Gasteiger partial charge in [-0.1, -0.05) is 47.5 Å². The van der Waals surface area contributed by atoms with Gasteiger partial charge in [0.2, 0.25) is 11.8 Å². The van der Waals surface area contributed by atoms with Gasteiger partial charge in [0.25, 0.3) is 0 Å². The van der Waals surface area contributed by atoms with E-state index in [2.05, 4.69) is 5.32 Å². The fraction of sp³-hybridized carbons (Fsp3) is 0.840. The van der Waals surface area contributed by atoms with E-state index in [1.807, 2.05) is 19.2 Å². The average molecular weight is 536 g/mol. The molecule has 3 amide bonds. The van der Waals surface area contributed by atoms with Gasteiger partial charge in [-0.25, -0.2) is 4.79 Å². The van der Waals surface area contributed by atoms with Crippen molar-refractivity contribution in [1.29, 1.82) is 0 Å². The summed E-state index contributed by atoms with van der Waals surface area (Å²) in [5, 5.41) is 15.1. The van der Waals surface area contributed by atoms with Crippen LogP contribution in [0.4, 0.5) is 13.2 Å². The number of aliphatic hydroxyl groups is 1. The Labute approximate surface area is 215 Å². The molecule has 1 saturated heterocycles. The molecular formula is C25H40F3N3O6. The van der Waals surface area contributed by atoms with Crippen LogP contribution in [0.1, 0.15) is 67.2 Å². The van der Waals surface area contributed by atoms with Gasteiger partial charge in [-0.2, -0.15) is 13.2 Å². The summed E-state index contributed by atoms with van der Waals surface area (Å²) in [6.07, 6.45) is -4.19. The van der Waals surface area contributed by atoms with Gasteiger partial charge in [0.05, 0.1) is 12.6 Å². The van der Waals surface area contributed by atoms with Crippen molar-refractivity contribution in [3.63, 3.8) is 0 Å². The molecule has 12 heteroatoms. The molecule has 5 atom stereocenters. The lowest BCUT2D eigenvalue weighted by Crippen LogP contribution is -2.61. The number of rotatable bonds is 10. The van der Waals surface area contributed by atoms with Crippen molar-refractivity contribution in [2.75, 3.05) is 13.2 Å². The van der Waals surface area contributed by atoms with E-state index in [-0.39, 0.29) is 30.9 Å². The highest BCUT2D eigenvalue weighted by atomic mass is 19.4. The average Bonchev–Trinajstić information content (AvgIpc) is 3.47. The number of likely N-dealkylation sites (tertiary alicyclic amines) is 1. The molecule has 0 spiro atoms. The third-order valence-electron chi connectivity index (χ3n) is 7.02. The predicted octanol–water partition coefficient (Wildman–Crippen LogP) is 2.16. The summed E-state index contributed by atoms with van der Waals surface area (Å²) in [6, 6.07) is -3.51. The topological polar surface area (TPSA) is 125 Å². The van der Waals surface area contributed by atoms with E-state index in [1.165, 1.54) is 25.7 Å². The number of hydrogen-bond donors (Lipinski definition) is 3. The summed E-state index contributed by atoms with van der Waals surface area (Å²) < 4.78 is 43.9. The maximum Gasteiger partial charge on any atom is 0.471 e. The van der Waals surface area contributed by atoms with Crippen LogP contribution in [0.2, 0.25) is 0 Å². The molecule has 1 saturated carbocycles. The largest absolute Gasteiger partial charge is 0.471 e. The summed E-state index contributed by atoms with van der Waals surface area (Å²) in [5.74, 6) is -4.63. The molecule has 212 valence electrons.